The lowest BCUT2D eigenvalue weighted by atomic mass is 10.1. The van der Waals surface area contributed by atoms with Crippen LogP contribution in [0.15, 0.2) is 35.1 Å². The summed E-state index contributed by atoms with van der Waals surface area (Å²) in [6, 6.07) is 7.55. The van der Waals surface area contributed by atoms with Crippen LogP contribution in [0.25, 0.3) is 0 Å². The lowest BCUT2D eigenvalue weighted by Gasteiger charge is -2.27. The number of halogens is 1. The Kier molecular flexibility index (Phi) is 3.14. The van der Waals surface area contributed by atoms with Gasteiger partial charge in [-0.1, -0.05) is 12.1 Å². The molecule has 0 fully saturated rings. The molecule has 19 heavy (non-hydrogen) atoms. The van der Waals surface area contributed by atoms with Crippen LogP contribution in [-0.2, 0) is 20.0 Å². The van der Waals surface area contributed by atoms with Crippen molar-refractivity contribution in [2.45, 2.75) is 13.0 Å². The summed E-state index contributed by atoms with van der Waals surface area (Å²) in [6.45, 7) is 1.36. The van der Waals surface area contributed by atoms with E-state index in [0.717, 1.165) is 28.8 Å². The third kappa shape index (κ3) is 2.18. The van der Waals surface area contributed by atoms with Gasteiger partial charge in [-0.05, 0) is 28.1 Å². The number of carbonyl (C=O) groups excluding carboxylic acids is 1. The van der Waals surface area contributed by atoms with Gasteiger partial charge in [0.15, 0.2) is 0 Å². The molecule has 1 aliphatic rings. The molecular formula is C14H14BrN3O. The molecule has 5 heteroatoms. The number of carbonyl (C=O) groups is 1. The molecule has 2 heterocycles. The zero-order chi connectivity index (χ0) is 13.4. The first-order chi connectivity index (χ1) is 9.16. The van der Waals surface area contributed by atoms with Crippen LogP contribution in [0.4, 0.5) is 0 Å². The quantitative estimate of drug-likeness (QED) is 0.809. The van der Waals surface area contributed by atoms with Crippen LogP contribution < -0.4 is 0 Å². The normalized spacial score (nSPS) is 14.3. The highest BCUT2D eigenvalue weighted by Gasteiger charge is 2.25. The van der Waals surface area contributed by atoms with E-state index in [0.29, 0.717) is 12.1 Å². The van der Waals surface area contributed by atoms with Crippen molar-refractivity contribution < 1.29 is 4.79 Å². The molecule has 2 aromatic rings. The molecule has 3 rings (SSSR count). The minimum atomic E-state index is 0.0688. The molecule has 98 valence electrons. The number of amides is 1. The lowest BCUT2D eigenvalue weighted by Crippen LogP contribution is -2.36. The van der Waals surface area contributed by atoms with Crippen molar-refractivity contribution in [2.24, 2.45) is 7.05 Å². The van der Waals surface area contributed by atoms with Gasteiger partial charge in [-0.15, -0.1) is 0 Å². The van der Waals surface area contributed by atoms with Crippen LogP contribution in [0.5, 0.6) is 0 Å². The Morgan fingerprint density at radius 3 is 2.95 bits per heavy atom. The first kappa shape index (κ1) is 12.4. The van der Waals surface area contributed by atoms with Gasteiger partial charge in [0.2, 0.25) is 0 Å². The Morgan fingerprint density at radius 1 is 1.37 bits per heavy atom. The van der Waals surface area contributed by atoms with Gasteiger partial charge in [-0.3, -0.25) is 4.79 Å². The minimum absolute atomic E-state index is 0.0688. The Hall–Kier alpha value is -1.62. The van der Waals surface area contributed by atoms with Crippen molar-refractivity contribution in [3.8, 4) is 0 Å². The van der Waals surface area contributed by atoms with Crippen molar-refractivity contribution in [2.75, 3.05) is 6.54 Å². The molecule has 1 aromatic carbocycles. The molecule has 0 saturated carbocycles. The summed E-state index contributed by atoms with van der Waals surface area (Å²) < 4.78 is 2.84. The third-order valence-corrected chi connectivity index (χ3v) is 4.19. The van der Waals surface area contributed by atoms with E-state index in [1.807, 2.05) is 47.1 Å². The van der Waals surface area contributed by atoms with Crippen molar-refractivity contribution >= 4 is 21.8 Å². The van der Waals surface area contributed by atoms with E-state index in [-0.39, 0.29) is 5.91 Å². The molecular weight excluding hydrogens is 306 g/mol. The van der Waals surface area contributed by atoms with E-state index in [9.17, 15) is 4.79 Å². The molecule has 1 amide bonds. The summed E-state index contributed by atoms with van der Waals surface area (Å²) in [7, 11) is 1.97. The molecule has 0 bridgehead atoms. The van der Waals surface area contributed by atoms with Gasteiger partial charge in [-0.2, -0.15) is 0 Å². The Bertz CT molecular complexity index is 635. The smallest absolute Gasteiger partial charge is 0.255 e. The van der Waals surface area contributed by atoms with Gasteiger partial charge < -0.3 is 9.47 Å². The number of aryl methyl sites for hydroxylation is 1. The van der Waals surface area contributed by atoms with Crippen molar-refractivity contribution in [3.63, 3.8) is 0 Å². The van der Waals surface area contributed by atoms with Gasteiger partial charge in [0.05, 0.1) is 29.8 Å². The first-order valence-electron chi connectivity index (χ1n) is 6.19. The van der Waals surface area contributed by atoms with Gasteiger partial charge in [0.1, 0.15) is 0 Å². The number of hydrogen-bond donors (Lipinski definition) is 0. The fourth-order valence-electron chi connectivity index (χ4n) is 2.39. The van der Waals surface area contributed by atoms with Gasteiger partial charge in [-0.25, -0.2) is 4.98 Å². The third-order valence-electron chi connectivity index (χ3n) is 3.50. The number of rotatable bonds is 1. The predicted molar refractivity (Wildman–Crippen MR) is 75.8 cm³/mol. The maximum Gasteiger partial charge on any atom is 0.255 e. The highest BCUT2D eigenvalue weighted by atomic mass is 79.9. The fourth-order valence-corrected chi connectivity index (χ4v) is 2.85. The van der Waals surface area contributed by atoms with Crippen molar-refractivity contribution in [3.05, 3.63) is 52.0 Å². The van der Waals surface area contributed by atoms with E-state index in [1.54, 1.807) is 0 Å². The highest BCUT2D eigenvalue weighted by Crippen LogP contribution is 2.22. The van der Waals surface area contributed by atoms with E-state index in [2.05, 4.69) is 20.9 Å². The second-order valence-corrected chi connectivity index (χ2v) is 5.56. The number of hydrogen-bond acceptors (Lipinski definition) is 2. The zero-order valence-corrected chi connectivity index (χ0v) is 12.2. The second-order valence-electron chi connectivity index (χ2n) is 4.71. The van der Waals surface area contributed by atoms with Crippen LogP contribution in [0.2, 0.25) is 0 Å². The van der Waals surface area contributed by atoms with Gasteiger partial charge in [0.25, 0.3) is 5.91 Å². The topological polar surface area (TPSA) is 38.1 Å². The maximum absolute atomic E-state index is 12.5. The fraction of sp³-hybridized carbons (Fsp3) is 0.286. The van der Waals surface area contributed by atoms with Gasteiger partial charge in [0, 0.05) is 24.5 Å². The largest absolute Gasteiger partial charge is 0.336 e. The summed E-state index contributed by atoms with van der Waals surface area (Å²) in [5.41, 5.74) is 2.96. The predicted octanol–water partition coefficient (Wildman–Crippen LogP) is 2.38. The molecule has 0 spiro atoms. The Morgan fingerprint density at radius 2 is 2.16 bits per heavy atom. The molecule has 1 aliphatic heterocycles. The average Bonchev–Trinajstić information content (AvgIpc) is 2.80. The van der Waals surface area contributed by atoms with Crippen molar-refractivity contribution in [1.82, 2.24) is 14.5 Å². The van der Waals surface area contributed by atoms with E-state index in [1.165, 1.54) is 0 Å². The van der Waals surface area contributed by atoms with E-state index in [4.69, 9.17) is 0 Å². The van der Waals surface area contributed by atoms with Gasteiger partial charge >= 0.3 is 0 Å². The summed E-state index contributed by atoms with van der Waals surface area (Å²) in [5, 5.41) is 0. The molecule has 0 N–H and O–H groups in total. The standard InChI is InChI=1S/C14H14BrN3O/c1-17-9-16-12-6-7-18(8-13(12)17)14(19)10-4-2-3-5-11(10)15/h2-5,9H,6-8H2,1H3. The summed E-state index contributed by atoms with van der Waals surface area (Å²) in [6.07, 6.45) is 2.64. The average molecular weight is 320 g/mol. The molecule has 0 unspecified atom stereocenters. The number of imidazole rings is 1. The zero-order valence-electron chi connectivity index (χ0n) is 10.6. The van der Waals surface area contributed by atoms with Crippen LogP contribution in [0, 0.1) is 0 Å². The maximum atomic E-state index is 12.5. The highest BCUT2D eigenvalue weighted by molar-refractivity contribution is 9.10. The Balaban J connectivity index is 1.87. The number of benzene rings is 1. The molecule has 0 aliphatic carbocycles. The van der Waals surface area contributed by atoms with Crippen LogP contribution >= 0.6 is 15.9 Å². The summed E-state index contributed by atoms with van der Waals surface area (Å²) >= 11 is 3.44. The van der Waals surface area contributed by atoms with Crippen molar-refractivity contribution in [1.29, 1.82) is 0 Å². The van der Waals surface area contributed by atoms with E-state index >= 15 is 0 Å². The SMILES string of the molecule is Cn1cnc2c1CN(C(=O)c1ccccc1Br)CC2. The Labute approximate surface area is 120 Å². The monoisotopic (exact) mass is 319 g/mol. The first-order valence-corrected chi connectivity index (χ1v) is 6.99. The molecule has 0 radical (unpaired) electrons. The second kappa shape index (κ2) is 4.81. The van der Waals surface area contributed by atoms with E-state index < -0.39 is 0 Å². The number of nitrogens with zero attached hydrogens (tertiary/aromatic N) is 3. The summed E-state index contributed by atoms with van der Waals surface area (Å²) in [5.74, 6) is 0.0688. The summed E-state index contributed by atoms with van der Waals surface area (Å²) in [4.78, 5) is 18.8. The molecule has 1 aromatic heterocycles. The molecule has 0 atom stereocenters. The number of fused-ring (bicyclic) bond motifs is 1. The van der Waals surface area contributed by atoms with Crippen LogP contribution in [0.3, 0.4) is 0 Å². The lowest BCUT2D eigenvalue weighted by molar-refractivity contribution is 0.0729. The minimum Gasteiger partial charge on any atom is -0.336 e. The molecule has 0 saturated heterocycles. The number of aromatic nitrogens is 2. The van der Waals surface area contributed by atoms with Crippen LogP contribution in [-0.4, -0.2) is 26.9 Å². The molecule has 4 nitrogen and oxygen atoms in total. The van der Waals surface area contributed by atoms with Crippen LogP contribution in [0.1, 0.15) is 21.7 Å².